The van der Waals surface area contributed by atoms with Gasteiger partial charge in [0, 0.05) is 10.0 Å². The Morgan fingerprint density at radius 2 is 2.12 bits per heavy atom. The summed E-state index contributed by atoms with van der Waals surface area (Å²) in [5.41, 5.74) is 0.465. The number of hydrogen-bond donors (Lipinski definition) is 2. The fourth-order valence-corrected chi connectivity index (χ4v) is 1.72. The fraction of sp³-hybridized carbons (Fsp3) is 0.364. The molecule has 0 heterocycles. The number of benzene rings is 1. The summed E-state index contributed by atoms with van der Waals surface area (Å²) in [7, 11) is 1.48. The maximum Gasteiger partial charge on any atom is 0.309 e. The molecule has 0 aliphatic rings. The van der Waals surface area contributed by atoms with E-state index in [1.54, 1.807) is 18.2 Å². The number of carboxylic acid groups (broad SMARTS) is 1. The van der Waals surface area contributed by atoms with Crippen LogP contribution >= 0.6 is 15.9 Å². The highest BCUT2D eigenvalue weighted by Crippen LogP contribution is 2.32. The number of ether oxygens (including phenoxy) is 1. The quantitative estimate of drug-likeness (QED) is 0.891. The van der Waals surface area contributed by atoms with Crippen molar-refractivity contribution < 1.29 is 19.7 Å². The van der Waals surface area contributed by atoms with Gasteiger partial charge in [0.2, 0.25) is 0 Å². The monoisotopic (exact) mass is 288 g/mol. The molecule has 0 amide bonds. The molecule has 0 saturated heterocycles. The SMILES string of the molecule is COc1ccc(Br)cc1C(O)C(C)C(=O)O. The van der Waals surface area contributed by atoms with Crippen LogP contribution in [0.4, 0.5) is 0 Å². The Balaban J connectivity index is 3.10. The molecule has 0 aromatic heterocycles. The highest BCUT2D eigenvalue weighted by molar-refractivity contribution is 9.10. The van der Waals surface area contributed by atoms with Crippen molar-refractivity contribution in [2.75, 3.05) is 7.11 Å². The number of rotatable bonds is 4. The summed E-state index contributed by atoms with van der Waals surface area (Å²) < 4.78 is 5.84. The van der Waals surface area contributed by atoms with Crippen LogP contribution in [-0.2, 0) is 4.79 Å². The second-order valence-electron chi connectivity index (χ2n) is 3.46. The zero-order chi connectivity index (χ0) is 12.3. The topological polar surface area (TPSA) is 66.8 Å². The van der Waals surface area contributed by atoms with Gasteiger partial charge in [-0.1, -0.05) is 15.9 Å². The highest BCUT2D eigenvalue weighted by Gasteiger charge is 2.25. The first-order valence-electron chi connectivity index (χ1n) is 4.71. The number of hydrogen-bond acceptors (Lipinski definition) is 3. The minimum atomic E-state index is -1.09. The van der Waals surface area contributed by atoms with Crippen LogP contribution in [-0.4, -0.2) is 23.3 Å². The van der Waals surface area contributed by atoms with Gasteiger partial charge in [-0.3, -0.25) is 4.79 Å². The van der Waals surface area contributed by atoms with Gasteiger partial charge in [0.15, 0.2) is 0 Å². The van der Waals surface area contributed by atoms with Crippen molar-refractivity contribution in [2.45, 2.75) is 13.0 Å². The summed E-state index contributed by atoms with van der Waals surface area (Å²) >= 11 is 3.27. The third-order valence-electron chi connectivity index (χ3n) is 2.37. The lowest BCUT2D eigenvalue weighted by molar-refractivity contribution is -0.145. The first-order chi connectivity index (χ1) is 7.47. The van der Waals surface area contributed by atoms with Crippen LogP contribution < -0.4 is 4.74 Å². The molecular weight excluding hydrogens is 276 g/mol. The molecule has 1 rings (SSSR count). The van der Waals surface area contributed by atoms with Crippen LogP contribution in [0.25, 0.3) is 0 Å². The molecule has 0 saturated carbocycles. The van der Waals surface area contributed by atoms with Gasteiger partial charge in [-0.05, 0) is 25.1 Å². The zero-order valence-electron chi connectivity index (χ0n) is 8.98. The Labute approximate surface area is 102 Å². The summed E-state index contributed by atoms with van der Waals surface area (Å²) in [6, 6.07) is 5.10. The molecule has 0 bridgehead atoms. The smallest absolute Gasteiger partial charge is 0.309 e. The van der Waals surface area contributed by atoms with Crippen LogP contribution in [0.15, 0.2) is 22.7 Å². The number of carboxylic acids is 1. The van der Waals surface area contributed by atoms with Gasteiger partial charge in [0.1, 0.15) is 5.75 Å². The van der Waals surface area contributed by atoms with Crippen LogP contribution in [0.3, 0.4) is 0 Å². The summed E-state index contributed by atoms with van der Waals surface area (Å²) in [5, 5.41) is 18.7. The molecule has 16 heavy (non-hydrogen) atoms. The molecule has 4 nitrogen and oxygen atoms in total. The van der Waals surface area contributed by atoms with Crippen molar-refractivity contribution in [2.24, 2.45) is 5.92 Å². The van der Waals surface area contributed by atoms with Crippen molar-refractivity contribution in [1.82, 2.24) is 0 Å². The number of aliphatic carboxylic acids is 1. The Kier molecular flexibility index (Phi) is 4.32. The molecular formula is C11H13BrO4. The van der Waals surface area contributed by atoms with Crippen molar-refractivity contribution in [3.8, 4) is 5.75 Å². The van der Waals surface area contributed by atoms with Crippen molar-refractivity contribution >= 4 is 21.9 Å². The molecule has 88 valence electrons. The minimum absolute atomic E-state index is 0.465. The molecule has 0 aliphatic carbocycles. The van der Waals surface area contributed by atoms with Crippen LogP contribution in [0.1, 0.15) is 18.6 Å². The summed E-state index contributed by atoms with van der Waals surface area (Å²) in [4.78, 5) is 10.8. The lowest BCUT2D eigenvalue weighted by Gasteiger charge is -2.18. The normalized spacial score (nSPS) is 14.2. The van der Waals surface area contributed by atoms with Gasteiger partial charge < -0.3 is 14.9 Å². The first kappa shape index (κ1) is 13.0. The number of aliphatic hydroxyl groups excluding tert-OH is 1. The largest absolute Gasteiger partial charge is 0.496 e. The lowest BCUT2D eigenvalue weighted by Crippen LogP contribution is -2.19. The average molecular weight is 289 g/mol. The van der Waals surface area contributed by atoms with Crippen molar-refractivity contribution in [3.05, 3.63) is 28.2 Å². The van der Waals surface area contributed by atoms with Crippen molar-refractivity contribution in [3.63, 3.8) is 0 Å². The number of carbonyl (C=O) groups is 1. The van der Waals surface area contributed by atoms with Gasteiger partial charge in [0.25, 0.3) is 0 Å². The van der Waals surface area contributed by atoms with Gasteiger partial charge in [-0.2, -0.15) is 0 Å². The van der Waals surface area contributed by atoms with Crippen LogP contribution in [0.5, 0.6) is 5.75 Å². The molecule has 2 atom stereocenters. The number of methoxy groups -OCH3 is 1. The Morgan fingerprint density at radius 1 is 1.50 bits per heavy atom. The van der Waals surface area contributed by atoms with Gasteiger partial charge in [-0.25, -0.2) is 0 Å². The molecule has 0 fully saturated rings. The Bertz CT molecular complexity index is 392. The third-order valence-corrected chi connectivity index (χ3v) is 2.87. The van der Waals surface area contributed by atoms with E-state index in [0.717, 1.165) is 4.47 Å². The standard InChI is InChI=1S/C11H13BrO4/c1-6(11(14)15)10(13)8-5-7(12)3-4-9(8)16-2/h3-6,10,13H,1-2H3,(H,14,15). The van der Waals surface area contributed by atoms with E-state index < -0.39 is 18.0 Å². The second-order valence-corrected chi connectivity index (χ2v) is 4.37. The fourth-order valence-electron chi connectivity index (χ4n) is 1.34. The van der Waals surface area contributed by atoms with E-state index >= 15 is 0 Å². The van der Waals surface area contributed by atoms with E-state index in [9.17, 15) is 9.90 Å². The van der Waals surface area contributed by atoms with E-state index in [-0.39, 0.29) is 0 Å². The van der Waals surface area contributed by atoms with E-state index in [2.05, 4.69) is 15.9 Å². The van der Waals surface area contributed by atoms with E-state index in [1.807, 2.05) is 0 Å². The number of aliphatic hydroxyl groups is 1. The predicted octanol–water partition coefficient (Wildman–Crippen LogP) is 2.21. The van der Waals surface area contributed by atoms with Crippen LogP contribution in [0.2, 0.25) is 0 Å². The molecule has 0 spiro atoms. The van der Waals surface area contributed by atoms with Crippen LogP contribution in [0, 0.1) is 5.92 Å². The lowest BCUT2D eigenvalue weighted by atomic mass is 9.97. The molecule has 2 N–H and O–H groups in total. The van der Waals surface area contributed by atoms with Gasteiger partial charge >= 0.3 is 5.97 Å². The summed E-state index contributed by atoms with van der Waals surface area (Å²) in [5.74, 6) is -1.46. The minimum Gasteiger partial charge on any atom is -0.496 e. The second kappa shape index (κ2) is 5.32. The molecule has 0 aliphatic heterocycles. The molecule has 0 radical (unpaired) electrons. The first-order valence-corrected chi connectivity index (χ1v) is 5.51. The van der Waals surface area contributed by atoms with Gasteiger partial charge in [-0.15, -0.1) is 0 Å². The summed E-state index contributed by atoms with van der Waals surface area (Å²) in [6.07, 6.45) is -1.09. The van der Waals surface area contributed by atoms with Crippen molar-refractivity contribution in [1.29, 1.82) is 0 Å². The Morgan fingerprint density at radius 3 is 2.62 bits per heavy atom. The third kappa shape index (κ3) is 2.74. The maximum absolute atomic E-state index is 10.8. The highest BCUT2D eigenvalue weighted by atomic mass is 79.9. The van der Waals surface area contributed by atoms with Gasteiger partial charge in [0.05, 0.1) is 19.1 Å². The predicted molar refractivity (Wildman–Crippen MR) is 62.5 cm³/mol. The van der Waals surface area contributed by atoms with E-state index in [1.165, 1.54) is 14.0 Å². The van der Waals surface area contributed by atoms with E-state index in [4.69, 9.17) is 9.84 Å². The molecule has 5 heteroatoms. The van der Waals surface area contributed by atoms with E-state index in [0.29, 0.717) is 11.3 Å². The number of halogens is 1. The summed E-state index contributed by atoms with van der Waals surface area (Å²) in [6.45, 7) is 1.45. The molecule has 1 aromatic carbocycles. The average Bonchev–Trinajstić information content (AvgIpc) is 2.26. The molecule has 2 unspecified atom stereocenters. The Hall–Kier alpha value is -1.07. The maximum atomic E-state index is 10.8. The zero-order valence-corrected chi connectivity index (χ0v) is 10.6. The molecule has 1 aromatic rings.